The van der Waals surface area contributed by atoms with Gasteiger partial charge in [-0.2, -0.15) is 0 Å². The number of likely N-dealkylation sites (N-methyl/N-ethyl adjacent to an activating group) is 1. The average Bonchev–Trinajstić information content (AvgIpc) is 2.85. The molecule has 0 saturated heterocycles. The van der Waals surface area contributed by atoms with Crippen LogP contribution in [-0.4, -0.2) is 24.4 Å². The highest BCUT2D eigenvalue weighted by Crippen LogP contribution is 2.17. The SMILES string of the molecule is Cc1ccc(CN(C)C(=O)CNc2cccc(C)c2C)o1. The van der Waals surface area contributed by atoms with Crippen molar-refractivity contribution in [1.82, 2.24) is 4.90 Å². The van der Waals surface area contributed by atoms with Crippen molar-refractivity contribution in [1.29, 1.82) is 0 Å². The number of aryl methyl sites for hydroxylation is 2. The summed E-state index contributed by atoms with van der Waals surface area (Å²) >= 11 is 0. The first-order valence-corrected chi connectivity index (χ1v) is 7.06. The van der Waals surface area contributed by atoms with Gasteiger partial charge < -0.3 is 14.6 Å². The Kier molecular flexibility index (Phi) is 4.68. The second-order valence-corrected chi connectivity index (χ2v) is 5.36. The molecule has 2 aromatic rings. The van der Waals surface area contributed by atoms with Crippen LogP contribution < -0.4 is 5.32 Å². The molecule has 0 fully saturated rings. The lowest BCUT2D eigenvalue weighted by molar-refractivity contribution is -0.128. The molecular formula is C17H22N2O2. The largest absolute Gasteiger partial charge is 0.464 e. The zero-order valence-electron chi connectivity index (χ0n) is 13.1. The van der Waals surface area contributed by atoms with Gasteiger partial charge in [0, 0.05) is 12.7 Å². The molecule has 1 amide bonds. The Bertz CT molecular complexity index is 631. The van der Waals surface area contributed by atoms with E-state index >= 15 is 0 Å². The summed E-state index contributed by atoms with van der Waals surface area (Å²) in [4.78, 5) is 13.8. The molecule has 4 nitrogen and oxygen atoms in total. The van der Waals surface area contributed by atoms with E-state index in [-0.39, 0.29) is 12.5 Å². The van der Waals surface area contributed by atoms with Gasteiger partial charge in [0.05, 0.1) is 13.1 Å². The summed E-state index contributed by atoms with van der Waals surface area (Å²) in [6.07, 6.45) is 0. The third kappa shape index (κ3) is 3.88. The second kappa shape index (κ2) is 6.48. The fourth-order valence-electron chi connectivity index (χ4n) is 2.14. The van der Waals surface area contributed by atoms with Crippen molar-refractivity contribution in [2.45, 2.75) is 27.3 Å². The van der Waals surface area contributed by atoms with Crippen LogP contribution in [0.5, 0.6) is 0 Å². The summed E-state index contributed by atoms with van der Waals surface area (Å²) in [6.45, 7) is 6.78. The van der Waals surface area contributed by atoms with E-state index in [1.807, 2.05) is 31.2 Å². The number of benzene rings is 1. The van der Waals surface area contributed by atoms with E-state index in [2.05, 4.69) is 25.2 Å². The fourth-order valence-corrected chi connectivity index (χ4v) is 2.14. The van der Waals surface area contributed by atoms with E-state index in [0.717, 1.165) is 17.2 Å². The monoisotopic (exact) mass is 286 g/mol. The minimum absolute atomic E-state index is 0.0324. The standard InChI is InChI=1S/C17H22N2O2/c1-12-6-5-7-16(14(12)3)18-10-17(20)19(4)11-15-9-8-13(2)21-15/h5-9,18H,10-11H2,1-4H3. The molecule has 4 heteroatoms. The average molecular weight is 286 g/mol. The molecule has 0 atom stereocenters. The molecule has 0 aliphatic carbocycles. The topological polar surface area (TPSA) is 45.5 Å². The quantitative estimate of drug-likeness (QED) is 0.917. The third-order valence-electron chi connectivity index (χ3n) is 3.65. The van der Waals surface area contributed by atoms with Gasteiger partial charge in [0.2, 0.25) is 5.91 Å². The molecule has 0 unspecified atom stereocenters. The third-order valence-corrected chi connectivity index (χ3v) is 3.65. The normalized spacial score (nSPS) is 10.5. The summed E-state index contributed by atoms with van der Waals surface area (Å²) in [6, 6.07) is 9.85. The van der Waals surface area contributed by atoms with Gasteiger partial charge in [-0.05, 0) is 50.1 Å². The van der Waals surface area contributed by atoms with Crippen LogP contribution in [0.3, 0.4) is 0 Å². The maximum atomic E-state index is 12.1. The van der Waals surface area contributed by atoms with E-state index in [1.165, 1.54) is 11.1 Å². The number of nitrogens with zero attached hydrogens (tertiary/aromatic N) is 1. The number of rotatable bonds is 5. The Hall–Kier alpha value is -2.23. The lowest BCUT2D eigenvalue weighted by Crippen LogP contribution is -2.31. The number of carbonyl (C=O) groups excluding carboxylic acids is 1. The Balaban J connectivity index is 1.90. The van der Waals surface area contributed by atoms with Crippen molar-refractivity contribution < 1.29 is 9.21 Å². The van der Waals surface area contributed by atoms with Crippen molar-refractivity contribution in [2.24, 2.45) is 0 Å². The van der Waals surface area contributed by atoms with E-state index < -0.39 is 0 Å². The molecule has 0 bridgehead atoms. The summed E-state index contributed by atoms with van der Waals surface area (Å²) in [7, 11) is 1.78. The van der Waals surface area contributed by atoms with E-state index in [1.54, 1.807) is 11.9 Å². The van der Waals surface area contributed by atoms with Gasteiger partial charge in [0.1, 0.15) is 11.5 Å². The van der Waals surface area contributed by atoms with Gasteiger partial charge >= 0.3 is 0 Å². The zero-order chi connectivity index (χ0) is 15.4. The van der Waals surface area contributed by atoms with Gasteiger partial charge in [-0.15, -0.1) is 0 Å². The molecule has 0 spiro atoms. The van der Waals surface area contributed by atoms with Crippen molar-refractivity contribution in [3.63, 3.8) is 0 Å². The highest BCUT2D eigenvalue weighted by atomic mass is 16.3. The van der Waals surface area contributed by atoms with Crippen molar-refractivity contribution >= 4 is 11.6 Å². The van der Waals surface area contributed by atoms with Gasteiger partial charge in [0.25, 0.3) is 0 Å². The number of carbonyl (C=O) groups is 1. The Morgan fingerprint density at radius 3 is 2.62 bits per heavy atom. The van der Waals surface area contributed by atoms with E-state index in [9.17, 15) is 4.79 Å². The first-order valence-electron chi connectivity index (χ1n) is 7.06. The Morgan fingerprint density at radius 1 is 1.19 bits per heavy atom. The van der Waals surface area contributed by atoms with Crippen LogP contribution in [0.4, 0.5) is 5.69 Å². The lowest BCUT2D eigenvalue weighted by atomic mass is 10.1. The van der Waals surface area contributed by atoms with E-state index in [4.69, 9.17) is 4.42 Å². The number of furan rings is 1. The predicted octanol–water partition coefficient (Wildman–Crippen LogP) is 3.28. The number of hydrogen-bond donors (Lipinski definition) is 1. The molecule has 0 radical (unpaired) electrons. The Morgan fingerprint density at radius 2 is 1.95 bits per heavy atom. The minimum atomic E-state index is 0.0324. The molecule has 0 saturated carbocycles. The molecule has 1 aromatic carbocycles. The van der Waals surface area contributed by atoms with Gasteiger partial charge in [0.15, 0.2) is 0 Å². The van der Waals surface area contributed by atoms with Crippen LogP contribution in [0, 0.1) is 20.8 Å². The highest BCUT2D eigenvalue weighted by Gasteiger charge is 2.11. The number of hydrogen-bond acceptors (Lipinski definition) is 3. The van der Waals surface area contributed by atoms with Crippen LogP contribution in [0.25, 0.3) is 0 Å². The molecule has 0 aliphatic rings. The predicted molar refractivity (Wildman–Crippen MR) is 84.3 cm³/mol. The van der Waals surface area contributed by atoms with Crippen LogP contribution in [0.1, 0.15) is 22.6 Å². The van der Waals surface area contributed by atoms with Crippen LogP contribution in [0.15, 0.2) is 34.7 Å². The maximum Gasteiger partial charge on any atom is 0.242 e. The number of amides is 1. The van der Waals surface area contributed by atoms with Crippen LogP contribution in [-0.2, 0) is 11.3 Å². The Labute approximate surface area is 125 Å². The number of nitrogens with one attached hydrogen (secondary N) is 1. The second-order valence-electron chi connectivity index (χ2n) is 5.36. The summed E-state index contributed by atoms with van der Waals surface area (Å²) < 4.78 is 5.49. The molecule has 2 rings (SSSR count). The van der Waals surface area contributed by atoms with Crippen molar-refractivity contribution in [2.75, 3.05) is 18.9 Å². The molecule has 112 valence electrons. The molecular weight excluding hydrogens is 264 g/mol. The summed E-state index contributed by atoms with van der Waals surface area (Å²) in [5.74, 6) is 1.69. The molecule has 1 N–H and O–H groups in total. The van der Waals surface area contributed by atoms with Gasteiger partial charge in [-0.25, -0.2) is 0 Å². The first kappa shape index (κ1) is 15.2. The van der Waals surface area contributed by atoms with Gasteiger partial charge in [-0.3, -0.25) is 4.79 Å². The van der Waals surface area contributed by atoms with Gasteiger partial charge in [-0.1, -0.05) is 12.1 Å². The number of anilines is 1. The minimum Gasteiger partial charge on any atom is -0.464 e. The van der Waals surface area contributed by atoms with Crippen molar-refractivity contribution in [3.8, 4) is 0 Å². The zero-order valence-corrected chi connectivity index (χ0v) is 13.1. The first-order chi connectivity index (χ1) is 9.97. The van der Waals surface area contributed by atoms with Crippen LogP contribution >= 0.6 is 0 Å². The molecule has 1 aromatic heterocycles. The molecule has 1 heterocycles. The lowest BCUT2D eigenvalue weighted by Gasteiger charge is -2.17. The highest BCUT2D eigenvalue weighted by molar-refractivity contribution is 5.80. The molecule has 21 heavy (non-hydrogen) atoms. The maximum absolute atomic E-state index is 12.1. The van der Waals surface area contributed by atoms with Crippen molar-refractivity contribution in [3.05, 3.63) is 53.0 Å². The molecule has 0 aliphatic heterocycles. The van der Waals surface area contributed by atoms with E-state index in [0.29, 0.717) is 6.54 Å². The summed E-state index contributed by atoms with van der Waals surface area (Å²) in [5, 5.41) is 3.20. The smallest absolute Gasteiger partial charge is 0.242 e. The van der Waals surface area contributed by atoms with Crippen LogP contribution in [0.2, 0.25) is 0 Å². The fraction of sp³-hybridized carbons (Fsp3) is 0.353. The summed E-state index contributed by atoms with van der Waals surface area (Å²) in [5.41, 5.74) is 3.40.